The Morgan fingerprint density at radius 3 is 2.81 bits per heavy atom. The Labute approximate surface area is 101 Å². The molecular formula is C11H11BrFN3. The van der Waals surface area contributed by atoms with Crippen LogP contribution >= 0.6 is 15.9 Å². The number of H-pyrrole nitrogens is 1. The van der Waals surface area contributed by atoms with Gasteiger partial charge >= 0.3 is 0 Å². The van der Waals surface area contributed by atoms with E-state index >= 15 is 0 Å². The van der Waals surface area contributed by atoms with Gasteiger partial charge in [-0.15, -0.1) is 0 Å². The van der Waals surface area contributed by atoms with E-state index in [0.717, 1.165) is 17.1 Å². The van der Waals surface area contributed by atoms with Gasteiger partial charge in [-0.25, -0.2) is 9.37 Å². The Hall–Kier alpha value is -1.20. The molecule has 2 aromatic rings. The van der Waals surface area contributed by atoms with Gasteiger partial charge in [0, 0.05) is 5.56 Å². The number of rotatable bonds is 2. The van der Waals surface area contributed by atoms with Crippen LogP contribution in [-0.4, -0.2) is 9.97 Å². The van der Waals surface area contributed by atoms with Crippen molar-refractivity contribution in [3.63, 3.8) is 0 Å². The van der Waals surface area contributed by atoms with Gasteiger partial charge in [0.2, 0.25) is 0 Å². The maximum atomic E-state index is 13.1. The van der Waals surface area contributed by atoms with Crippen molar-refractivity contribution in [2.75, 3.05) is 0 Å². The van der Waals surface area contributed by atoms with Crippen LogP contribution in [0.3, 0.4) is 0 Å². The number of hydrogen-bond donors (Lipinski definition) is 2. The van der Waals surface area contributed by atoms with Crippen LogP contribution in [0.1, 0.15) is 18.8 Å². The number of nitrogens with zero attached hydrogens (tertiary/aromatic N) is 1. The third-order valence-corrected chi connectivity index (χ3v) is 2.87. The molecule has 84 valence electrons. The van der Waals surface area contributed by atoms with Crippen molar-refractivity contribution in [3.8, 4) is 11.3 Å². The Bertz CT molecular complexity index is 508. The minimum absolute atomic E-state index is 0.141. The average molecular weight is 284 g/mol. The molecule has 0 spiro atoms. The fourth-order valence-corrected chi connectivity index (χ4v) is 1.76. The number of imidazole rings is 1. The zero-order chi connectivity index (χ0) is 11.7. The number of aromatic nitrogens is 2. The summed E-state index contributed by atoms with van der Waals surface area (Å²) >= 11 is 3.15. The molecule has 1 heterocycles. The van der Waals surface area contributed by atoms with E-state index < -0.39 is 0 Å². The van der Waals surface area contributed by atoms with Crippen molar-refractivity contribution in [2.45, 2.75) is 13.0 Å². The van der Waals surface area contributed by atoms with Crippen molar-refractivity contribution in [3.05, 3.63) is 40.5 Å². The largest absolute Gasteiger partial charge is 0.341 e. The van der Waals surface area contributed by atoms with Crippen molar-refractivity contribution in [2.24, 2.45) is 5.73 Å². The topological polar surface area (TPSA) is 54.7 Å². The minimum atomic E-state index is -0.282. The lowest BCUT2D eigenvalue weighted by Crippen LogP contribution is -2.06. The standard InChI is InChI=1S/C11H11BrFN3/c1-6(14)11-15-5-10(16-11)7-2-3-9(13)8(12)4-7/h2-6H,14H2,1H3,(H,15,16). The SMILES string of the molecule is CC(N)c1ncc(-c2ccc(F)c(Br)c2)[nH]1. The molecule has 1 unspecified atom stereocenters. The zero-order valence-electron chi connectivity index (χ0n) is 8.67. The molecule has 0 aliphatic carbocycles. The Balaban J connectivity index is 2.39. The second-order valence-electron chi connectivity index (χ2n) is 3.60. The molecular weight excluding hydrogens is 273 g/mol. The van der Waals surface area contributed by atoms with E-state index in [1.165, 1.54) is 6.07 Å². The summed E-state index contributed by atoms with van der Waals surface area (Å²) in [5.74, 6) is 0.436. The van der Waals surface area contributed by atoms with Gasteiger partial charge in [-0.05, 0) is 41.1 Å². The van der Waals surface area contributed by atoms with Crippen LogP contribution in [0.4, 0.5) is 4.39 Å². The van der Waals surface area contributed by atoms with E-state index in [9.17, 15) is 4.39 Å². The molecule has 0 radical (unpaired) electrons. The van der Waals surface area contributed by atoms with Gasteiger partial charge in [-0.2, -0.15) is 0 Å². The van der Waals surface area contributed by atoms with E-state index in [4.69, 9.17) is 5.73 Å². The summed E-state index contributed by atoms with van der Waals surface area (Å²) in [6.45, 7) is 1.85. The van der Waals surface area contributed by atoms with Gasteiger partial charge in [0.25, 0.3) is 0 Å². The average Bonchev–Trinajstić information content (AvgIpc) is 2.71. The van der Waals surface area contributed by atoms with Crippen LogP contribution in [0, 0.1) is 5.82 Å². The van der Waals surface area contributed by atoms with E-state index in [-0.39, 0.29) is 11.9 Å². The number of benzene rings is 1. The predicted octanol–water partition coefficient (Wildman–Crippen LogP) is 3.00. The van der Waals surface area contributed by atoms with Crippen LogP contribution in [0.5, 0.6) is 0 Å². The molecule has 0 amide bonds. The van der Waals surface area contributed by atoms with Crippen LogP contribution in [-0.2, 0) is 0 Å². The summed E-state index contributed by atoms with van der Waals surface area (Å²) in [6, 6.07) is 4.66. The van der Waals surface area contributed by atoms with Crippen LogP contribution in [0.2, 0.25) is 0 Å². The van der Waals surface area contributed by atoms with E-state index in [2.05, 4.69) is 25.9 Å². The molecule has 0 bridgehead atoms. The van der Waals surface area contributed by atoms with Crippen LogP contribution in [0.15, 0.2) is 28.9 Å². The number of hydrogen-bond acceptors (Lipinski definition) is 2. The molecule has 0 saturated heterocycles. The normalized spacial score (nSPS) is 12.8. The summed E-state index contributed by atoms with van der Waals surface area (Å²) in [6.07, 6.45) is 1.69. The van der Waals surface area contributed by atoms with Gasteiger partial charge in [-0.3, -0.25) is 0 Å². The molecule has 3 N–H and O–H groups in total. The number of nitrogens with one attached hydrogen (secondary N) is 1. The quantitative estimate of drug-likeness (QED) is 0.890. The molecule has 3 nitrogen and oxygen atoms in total. The minimum Gasteiger partial charge on any atom is -0.341 e. The van der Waals surface area contributed by atoms with Crippen LogP contribution in [0.25, 0.3) is 11.3 Å². The van der Waals surface area contributed by atoms with Crippen LogP contribution < -0.4 is 5.73 Å². The second-order valence-corrected chi connectivity index (χ2v) is 4.45. The van der Waals surface area contributed by atoms with Crippen molar-refractivity contribution >= 4 is 15.9 Å². The Morgan fingerprint density at radius 1 is 1.50 bits per heavy atom. The lowest BCUT2D eigenvalue weighted by atomic mass is 10.2. The highest BCUT2D eigenvalue weighted by molar-refractivity contribution is 9.10. The molecule has 2 rings (SSSR count). The van der Waals surface area contributed by atoms with Crippen molar-refractivity contribution in [1.29, 1.82) is 0 Å². The first kappa shape index (κ1) is 11.3. The molecule has 0 fully saturated rings. The van der Waals surface area contributed by atoms with Gasteiger partial charge < -0.3 is 10.7 Å². The van der Waals surface area contributed by atoms with E-state index in [0.29, 0.717) is 4.47 Å². The first-order chi connectivity index (χ1) is 7.58. The molecule has 0 aliphatic heterocycles. The maximum absolute atomic E-state index is 13.1. The summed E-state index contributed by atoms with van der Waals surface area (Å²) < 4.78 is 13.5. The van der Waals surface area contributed by atoms with Crippen molar-refractivity contribution in [1.82, 2.24) is 9.97 Å². The first-order valence-electron chi connectivity index (χ1n) is 4.84. The first-order valence-corrected chi connectivity index (χ1v) is 5.63. The number of nitrogens with two attached hydrogens (primary N) is 1. The Kier molecular flexibility index (Phi) is 3.07. The maximum Gasteiger partial charge on any atom is 0.137 e. The second kappa shape index (κ2) is 4.35. The molecule has 0 saturated carbocycles. The molecule has 5 heteroatoms. The van der Waals surface area contributed by atoms with Gasteiger partial charge in [0.15, 0.2) is 0 Å². The van der Waals surface area contributed by atoms with E-state index in [1.807, 2.05) is 6.92 Å². The zero-order valence-corrected chi connectivity index (χ0v) is 10.3. The summed E-state index contributed by atoms with van der Waals surface area (Å²) in [4.78, 5) is 7.25. The highest BCUT2D eigenvalue weighted by atomic mass is 79.9. The third kappa shape index (κ3) is 2.15. The highest BCUT2D eigenvalue weighted by Gasteiger charge is 2.08. The van der Waals surface area contributed by atoms with Crippen molar-refractivity contribution < 1.29 is 4.39 Å². The predicted molar refractivity (Wildman–Crippen MR) is 64.3 cm³/mol. The molecule has 0 aliphatic rings. The van der Waals surface area contributed by atoms with Gasteiger partial charge in [-0.1, -0.05) is 0 Å². The smallest absolute Gasteiger partial charge is 0.137 e. The third-order valence-electron chi connectivity index (χ3n) is 2.26. The molecule has 1 aromatic carbocycles. The number of halogens is 2. The summed E-state index contributed by atoms with van der Waals surface area (Å²) in [7, 11) is 0. The fourth-order valence-electron chi connectivity index (χ4n) is 1.38. The summed E-state index contributed by atoms with van der Waals surface area (Å²) in [5, 5.41) is 0. The van der Waals surface area contributed by atoms with Gasteiger partial charge in [0.05, 0.1) is 22.4 Å². The molecule has 1 atom stereocenters. The lowest BCUT2D eigenvalue weighted by Gasteiger charge is -2.01. The molecule has 1 aromatic heterocycles. The Morgan fingerprint density at radius 2 is 2.25 bits per heavy atom. The number of aromatic amines is 1. The summed E-state index contributed by atoms with van der Waals surface area (Å²) in [5.41, 5.74) is 7.39. The fraction of sp³-hybridized carbons (Fsp3) is 0.182. The highest BCUT2D eigenvalue weighted by Crippen LogP contribution is 2.24. The van der Waals surface area contributed by atoms with Gasteiger partial charge in [0.1, 0.15) is 11.6 Å². The van der Waals surface area contributed by atoms with E-state index in [1.54, 1.807) is 18.3 Å². The lowest BCUT2D eigenvalue weighted by molar-refractivity contribution is 0.621. The monoisotopic (exact) mass is 283 g/mol. The molecule has 16 heavy (non-hydrogen) atoms.